The summed E-state index contributed by atoms with van der Waals surface area (Å²) >= 11 is 1.56. The molecule has 2 amide bonds. The Morgan fingerprint density at radius 3 is 2.60 bits per heavy atom. The van der Waals surface area contributed by atoms with Crippen LogP contribution in [0.1, 0.15) is 39.0 Å². The van der Waals surface area contributed by atoms with Crippen molar-refractivity contribution < 1.29 is 14.7 Å². The molecule has 0 spiro atoms. The molecule has 0 aromatic rings. The summed E-state index contributed by atoms with van der Waals surface area (Å²) in [6.45, 7) is 2.01. The van der Waals surface area contributed by atoms with Crippen molar-refractivity contribution in [1.29, 1.82) is 0 Å². The van der Waals surface area contributed by atoms with E-state index in [2.05, 4.69) is 10.6 Å². The summed E-state index contributed by atoms with van der Waals surface area (Å²) in [7, 11) is 0. The number of carboxylic acid groups (broad SMARTS) is 1. The zero-order chi connectivity index (χ0) is 15.0. The molecular weight excluding hydrogens is 276 g/mol. The van der Waals surface area contributed by atoms with Crippen LogP contribution in [0.25, 0.3) is 0 Å². The van der Waals surface area contributed by atoms with Crippen molar-refractivity contribution >= 4 is 23.8 Å². The van der Waals surface area contributed by atoms with Gasteiger partial charge in [-0.05, 0) is 44.1 Å². The van der Waals surface area contributed by atoms with Crippen molar-refractivity contribution in [2.45, 2.75) is 45.1 Å². The molecule has 114 valence electrons. The Balaban J connectivity index is 2.40. The van der Waals surface area contributed by atoms with Gasteiger partial charge in [0.1, 0.15) is 6.04 Å². The normalized spacial score (nSPS) is 17.8. The molecule has 1 saturated carbocycles. The third-order valence-electron chi connectivity index (χ3n) is 3.64. The van der Waals surface area contributed by atoms with Crippen molar-refractivity contribution in [3.63, 3.8) is 0 Å². The smallest absolute Gasteiger partial charge is 0.326 e. The largest absolute Gasteiger partial charge is 0.480 e. The van der Waals surface area contributed by atoms with Crippen molar-refractivity contribution in [1.82, 2.24) is 10.6 Å². The van der Waals surface area contributed by atoms with Crippen molar-refractivity contribution in [3.05, 3.63) is 11.8 Å². The lowest BCUT2D eigenvalue weighted by Gasteiger charge is -2.14. The van der Waals surface area contributed by atoms with Gasteiger partial charge < -0.3 is 15.7 Å². The summed E-state index contributed by atoms with van der Waals surface area (Å²) in [6.07, 6.45) is 8.89. The summed E-state index contributed by atoms with van der Waals surface area (Å²) in [4.78, 5) is 22.7. The van der Waals surface area contributed by atoms with E-state index in [1.54, 1.807) is 18.0 Å². The lowest BCUT2D eigenvalue weighted by atomic mass is 10.0. The lowest BCUT2D eigenvalue weighted by molar-refractivity contribution is -0.139. The number of carbonyl (C=O) groups is 2. The van der Waals surface area contributed by atoms with Gasteiger partial charge in [0.05, 0.1) is 0 Å². The van der Waals surface area contributed by atoms with E-state index in [0.29, 0.717) is 18.1 Å². The highest BCUT2D eigenvalue weighted by Gasteiger charge is 2.19. The van der Waals surface area contributed by atoms with E-state index in [4.69, 9.17) is 5.11 Å². The summed E-state index contributed by atoms with van der Waals surface area (Å²) < 4.78 is 0. The molecule has 1 aliphatic carbocycles. The molecule has 0 aromatic heterocycles. The number of allylic oxidation sites excluding steroid dienone is 1. The predicted octanol–water partition coefficient (Wildman–Crippen LogP) is 2.59. The molecule has 0 radical (unpaired) electrons. The van der Waals surface area contributed by atoms with Crippen LogP contribution in [0.5, 0.6) is 0 Å². The Morgan fingerprint density at radius 1 is 1.40 bits per heavy atom. The molecule has 1 rings (SSSR count). The quantitative estimate of drug-likeness (QED) is 0.675. The summed E-state index contributed by atoms with van der Waals surface area (Å²) in [6, 6.07) is -1.28. The number of nitrogens with one attached hydrogen (secondary N) is 2. The third kappa shape index (κ3) is 5.86. The topological polar surface area (TPSA) is 78.4 Å². The molecule has 1 unspecified atom stereocenters. The van der Waals surface area contributed by atoms with Crippen LogP contribution in [0.4, 0.5) is 4.79 Å². The fourth-order valence-corrected chi connectivity index (χ4v) is 2.84. The minimum Gasteiger partial charge on any atom is -0.480 e. The second kappa shape index (κ2) is 8.89. The van der Waals surface area contributed by atoms with E-state index < -0.39 is 18.0 Å². The Labute approximate surface area is 124 Å². The first kappa shape index (κ1) is 16.9. The molecule has 1 fully saturated rings. The average Bonchev–Trinajstić information content (AvgIpc) is 2.94. The summed E-state index contributed by atoms with van der Waals surface area (Å²) in [5, 5.41) is 14.2. The molecule has 20 heavy (non-hydrogen) atoms. The monoisotopic (exact) mass is 300 g/mol. The van der Waals surface area contributed by atoms with E-state index >= 15 is 0 Å². The minimum absolute atomic E-state index is 0.426. The average molecular weight is 300 g/mol. The number of urea groups is 1. The number of hydrogen-bond donors (Lipinski definition) is 3. The molecule has 1 aliphatic rings. The van der Waals surface area contributed by atoms with Gasteiger partial charge in [-0.2, -0.15) is 11.8 Å². The number of amides is 2. The van der Waals surface area contributed by atoms with Gasteiger partial charge in [0.15, 0.2) is 0 Å². The maximum Gasteiger partial charge on any atom is 0.326 e. The third-order valence-corrected chi connectivity index (χ3v) is 4.29. The highest BCUT2D eigenvalue weighted by molar-refractivity contribution is 7.98. The Bertz CT molecular complexity index is 365. The van der Waals surface area contributed by atoms with Crippen LogP contribution in [-0.2, 0) is 4.79 Å². The summed E-state index contributed by atoms with van der Waals surface area (Å²) in [5.74, 6) is 0.265. The molecule has 0 bridgehead atoms. The van der Waals surface area contributed by atoms with Crippen molar-refractivity contribution in [2.24, 2.45) is 5.92 Å². The number of carbonyl (C=O) groups excluding carboxylic acids is 1. The van der Waals surface area contributed by atoms with E-state index in [0.717, 1.165) is 5.57 Å². The SMILES string of the molecule is CSCCC(NC(=O)N/C=C(\C)C1CCCC1)C(=O)O. The van der Waals surface area contributed by atoms with Gasteiger partial charge in [-0.3, -0.25) is 0 Å². The fraction of sp³-hybridized carbons (Fsp3) is 0.714. The van der Waals surface area contributed by atoms with Gasteiger partial charge in [-0.1, -0.05) is 18.4 Å². The van der Waals surface area contributed by atoms with Crippen LogP contribution in [0.3, 0.4) is 0 Å². The second-order valence-electron chi connectivity index (χ2n) is 5.16. The van der Waals surface area contributed by atoms with Crippen molar-refractivity contribution in [2.75, 3.05) is 12.0 Å². The van der Waals surface area contributed by atoms with Gasteiger partial charge in [-0.15, -0.1) is 0 Å². The van der Waals surface area contributed by atoms with Gasteiger partial charge in [-0.25, -0.2) is 9.59 Å². The molecule has 6 heteroatoms. The minimum atomic E-state index is -0.995. The Hall–Kier alpha value is -1.17. The summed E-state index contributed by atoms with van der Waals surface area (Å²) in [5.41, 5.74) is 1.16. The van der Waals surface area contributed by atoms with Crippen LogP contribution in [0, 0.1) is 5.92 Å². The fourth-order valence-electron chi connectivity index (χ4n) is 2.37. The first-order valence-electron chi connectivity index (χ1n) is 7.00. The Kier molecular flexibility index (Phi) is 7.51. The maximum absolute atomic E-state index is 11.7. The molecule has 0 saturated heterocycles. The number of hydrogen-bond acceptors (Lipinski definition) is 3. The van der Waals surface area contributed by atoms with Gasteiger partial charge in [0.25, 0.3) is 0 Å². The van der Waals surface area contributed by atoms with Crippen LogP contribution in [0.2, 0.25) is 0 Å². The van der Waals surface area contributed by atoms with Gasteiger partial charge in [0, 0.05) is 6.20 Å². The molecule has 0 aromatic carbocycles. The number of thioether (sulfide) groups is 1. The molecular formula is C14H24N2O3S. The highest BCUT2D eigenvalue weighted by Crippen LogP contribution is 2.30. The van der Waals surface area contributed by atoms with Crippen LogP contribution >= 0.6 is 11.8 Å². The van der Waals surface area contributed by atoms with E-state index in [1.165, 1.54) is 25.7 Å². The standard InChI is InChI=1S/C14H24N2O3S/c1-10(11-5-3-4-6-11)9-15-14(19)16-12(13(17)18)7-8-20-2/h9,11-12H,3-8H2,1-2H3,(H,17,18)(H2,15,16,19)/b10-9+. The van der Waals surface area contributed by atoms with Crippen LogP contribution in [0.15, 0.2) is 11.8 Å². The second-order valence-corrected chi connectivity index (χ2v) is 6.15. The van der Waals surface area contributed by atoms with E-state index in [9.17, 15) is 9.59 Å². The first-order valence-corrected chi connectivity index (χ1v) is 8.39. The molecule has 0 heterocycles. The van der Waals surface area contributed by atoms with Gasteiger partial charge in [0.2, 0.25) is 0 Å². The number of aliphatic carboxylic acids is 1. The first-order chi connectivity index (χ1) is 9.54. The zero-order valence-electron chi connectivity index (χ0n) is 12.1. The van der Waals surface area contributed by atoms with E-state index in [1.807, 2.05) is 13.2 Å². The van der Waals surface area contributed by atoms with Gasteiger partial charge >= 0.3 is 12.0 Å². The van der Waals surface area contributed by atoms with E-state index in [-0.39, 0.29) is 0 Å². The maximum atomic E-state index is 11.7. The molecule has 0 aliphatic heterocycles. The predicted molar refractivity (Wildman–Crippen MR) is 81.8 cm³/mol. The number of carboxylic acids is 1. The molecule has 1 atom stereocenters. The lowest BCUT2D eigenvalue weighted by Crippen LogP contribution is -2.45. The molecule has 3 N–H and O–H groups in total. The molecule has 5 nitrogen and oxygen atoms in total. The van der Waals surface area contributed by atoms with Crippen molar-refractivity contribution in [3.8, 4) is 0 Å². The van der Waals surface area contributed by atoms with Crippen LogP contribution in [-0.4, -0.2) is 35.2 Å². The van der Waals surface area contributed by atoms with Crippen LogP contribution < -0.4 is 10.6 Å². The number of rotatable bonds is 7. The Morgan fingerprint density at radius 2 is 2.05 bits per heavy atom. The highest BCUT2D eigenvalue weighted by atomic mass is 32.2. The zero-order valence-corrected chi connectivity index (χ0v) is 13.0.